The zero-order chi connectivity index (χ0) is 13.7. The van der Waals surface area contributed by atoms with Crippen LogP contribution in [0.5, 0.6) is 0 Å². The minimum atomic E-state index is 0.00366. The molecule has 1 amide bonds. The third-order valence-corrected chi connectivity index (χ3v) is 3.96. The van der Waals surface area contributed by atoms with Crippen molar-refractivity contribution in [1.29, 1.82) is 0 Å². The molecule has 18 heavy (non-hydrogen) atoms. The van der Waals surface area contributed by atoms with Crippen molar-refractivity contribution in [2.45, 2.75) is 20.8 Å². The number of likely N-dealkylation sites (N-methyl/N-ethyl adjacent to an activating group) is 1. The molecule has 0 saturated heterocycles. The highest BCUT2D eigenvalue weighted by Gasteiger charge is 2.12. The molecule has 0 atom stereocenters. The summed E-state index contributed by atoms with van der Waals surface area (Å²) >= 11 is 6.94. The number of amides is 1. The minimum absolute atomic E-state index is 0.00366. The molecule has 0 heterocycles. The Morgan fingerprint density at radius 1 is 1.22 bits per heavy atom. The van der Waals surface area contributed by atoms with Gasteiger partial charge in [0.1, 0.15) is 0 Å². The van der Waals surface area contributed by atoms with Crippen molar-refractivity contribution in [1.82, 2.24) is 4.90 Å². The van der Waals surface area contributed by atoms with Gasteiger partial charge in [-0.3, -0.25) is 9.69 Å². The van der Waals surface area contributed by atoms with E-state index in [0.717, 1.165) is 33.3 Å². The van der Waals surface area contributed by atoms with Crippen LogP contribution in [0.3, 0.4) is 0 Å². The van der Waals surface area contributed by atoms with E-state index in [9.17, 15) is 4.79 Å². The van der Waals surface area contributed by atoms with Gasteiger partial charge >= 0.3 is 0 Å². The van der Waals surface area contributed by atoms with Crippen molar-refractivity contribution in [2.24, 2.45) is 0 Å². The molecule has 5 heteroatoms. The van der Waals surface area contributed by atoms with Crippen molar-refractivity contribution < 1.29 is 4.79 Å². The molecule has 0 bridgehead atoms. The molecule has 0 aliphatic rings. The van der Waals surface area contributed by atoms with E-state index in [1.165, 1.54) is 0 Å². The second kappa shape index (κ2) is 7.26. The molecule has 0 spiro atoms. The van der Waals surface area contributed by atoms with Gasteiger partial charge in [-0.2, -0.15) is 0 Å². The number of hydrogen-bond acceptors (Lipinski definition) is 2. The van der Waals surface area contributed by atoms with Gasteiger partial charge in [-0.25, -0.2) is 0 Å². The fourth-order valence-corrected chi connectivity index (χ4v) is 3.26. The van der Waals surface area contributed by atoms with Crippen molar-refractivity contribution in [3.05, 3.63) is 26.6 Å². The molecule has 1 aromatic rings. The second-order valence-corrected chi connectivity index (χ2v) is 5.82. The van der Waals surface area contributed by atoms with Gasteiger partial charge in [0.05, 0.1) is 12.2 Å². The first-order valence-electron chi connectivity index (χ1n) is 5.95. The normalized spacial score (nSPS) is 10.8. The zero-order valence-electron chi connectivity index (χ0n) is 10.9. The number of hydrogen-bond donors (Lipinski definition) is 1. The van der Waals surface area contributed by atoms with E-state index in [1.54, 1.807) is 0 Å². The lowest BCUT2D eigenvalue weighted by molar-refractivity contribution is -0.117. The van der Waals surface area contributed by atoms with Crippen LogP contribution in [0.2, 0.25) is 0 Å². The number of nitrogens with zero attached hydrogens (tertiary/aromatic N) is 1. The molecule has 0 fully saturated rings. The highest BCUT2D eigenvalue weighted by Crippen LogP contribution is 2.32. The minimum Gasteiger partial charge on any atom is -0.323 e. The first-order chi connectivity index (χ1) is 8.47. The van der Waals surface area contributed by atoms with E-state index in [0.29, 0.717) is 6.54 Å². The third-order valence-electron chi connectivity index (χ3n) is 2.71. The fourth-order valence-electron chi connectivity index (χ4n) is 1.65. The van der Waals surface area contributed by atoms with E-state index >= 15 is 0 Å². The van der Waals surface area contributed by atoms with Crippen LogP contribution >= 0.6 is 31.9 Å². The van der Waals surface area contributed by atoms with Gasteiger partial charge in [0.15, 0.2) is 0 Å². The highest BCUT2D eigenvalue weighted by molar-refractivity contribution is 9.11. The Morgan fingerprint density at radius 3 is 2.17 bits per heavy atom. The lowest BCUT2D eigenvalue weighted by Gasteiger charge is -2.18. The van der Waals surface area contributed by atoms with Gasteiger partial charge < -0.3 is 5.32 Å². The summed E-state index contributed by atoms with van der Waals surface area (Å²) < 4.78 is 1.78. The number of anilines is 1. The maximum Gasteiger partial charge on any atom is 0.238 e. The molecule has 1 rings (SSSR count). The quantitative estimate of drug-likeness (QED) is 0.846. The number of halogens is 2. The van der Waals surface area contributed by atoms with Gasteiger partial charge in [0.25, 0.3) is 0 Å². The first-order valence-corrected chi connectivity index (χ1v) is 7.54. The number of rotatable bonds is 5. The summed E-state index contributed by atoms with van der Waals surface area (Å²) in [7, 11) is 0. The smallest absolute Gasteiger partial charge is 0.238 e. The average Bonchev–Trinajstić information content (AvgIpc) is 2.30. The molecule has 0 aliphatic heterocycles. The number of benzene rings is 1. The van der Waals surface area contributed by atoms with Crippen LogP contribution in [-0.4, -0.2) is 30.4 Å². The van der Waals surface area contributed by atoms with Crippen molar-refractivity contribution >= 4 is 43.5 Å². The summed E-state index contributed by atoms with van der Waals surface area (Å²) in [5.74, 6) is 0.00366. The van der Waals surface area contributed by atoms with Crippen LogP contribution in [0.4, 0.5) is 5.69 Å². The zero-order valence-corrected chi connectivity index (χ0v) is 14.1. The van der Waals surface area contributed by atoms with Gasteiger partial charge in [-0.1, -0.05) is 13.8 Å². The topological polar surface area (TPSA) is 32.3 Å². The van der Waals surface area contributed by atoms with Crippen LogP contribution in [0.1, 0.15) is 19.4 Å². The van der Waals surface area contributed by atoms with E-state index < -0.39 is 0 Å². The number of aryl methyl sites for hydroxylation is 1. The maximum atomic E-state index is 11.9. The van der Waals surface area contributed by atoms with Gasteiger partial charge in [-0.15, -0.1) is 0 Å². The Hall–Kier alpha value is -0.390. The summed E-state index contributed by atoms with van der Waals surface area (Å²) in [5, 5.41) is 2.93. The van der Waals surface area contributed by atoms with Crippen LogP contribution in [-0.2, 0) is 4.79 Å². The molecule has 0 unspecified atom stereocenters. The number of carbonyl (C=O) groups is 1. The molecule has 0 radical (unpaired) electrons. The lowest BCUT2D eigenvalue weighted by atomic mass is 10.2. The Labute approximate surface area is 125 Å². The van der Waals surface area contributed by atoms with Crippen LogP contribution in [0.15, 0.2) is 21.1 Å². The highest BCUT2D eigenvalue weighted by atomic mass is 79.9. The SMILES string of the molecule is CCN(CC)CC(=O)Nc1c(Br)cc(C)cc1Br. The summed E-state index contributed by atoms with van der Waals surface area (Å²) in [6, 6.07) is 3.97. The largest absolute Gasteiger partial charge is 0.323 e. The fraction of sp³-hybridized carbons (Fsp3) is 0.462. The summed E-state index contributed by atoms with van der Waals surface area (Å²) in [4.78, 5) is 14.0. The van der Waals surface area contributed by atoms with Crippen LogP contribution < -0.4 is 5.32 Å². The van der Waals surface area contributed by atoms with Crippen LogP contribution in [0.25, 0.3) is 0 Å². The van der Waals surface area contributed by atoms with E-state index in [1.807, 2.05) is 19.1 Å². The summed E-state index contributed by atoms with van der Waals surface area (Å²) in [6.07, 6.45) is 0. The van der Waals surface area contributed by atoms with E-state index in [-0.39, 0.29) is 5.91 Å². The Kier molecular flexibility index (Phi) is 6.32. The summed E-state index contributed by atoms with van der Waals surface area (Å²) in [6.45, 7) is 8.28. The standard InChI is InChI=1S/C13H18Br2N2O/c1-4-17(5-2)8-12(18)16-13-10(14)6-9(3)7-11(13)15/h6-7H,4-5,8H2,1-3H3,(H,16,18). The maximum absolute atomic E-state index is 11.9. The molecular formula is C13H18Br2N2O. The Bertz CT molecular complexity index is 408. The van der Waals surface area contributed by atoms with Crippen molar-refractivity contribution in [3.63, 3.8) is 0 Å². The predicted molar refractivity (Wildman–Crippen MR) is 83.0 cm³/mol. The third kappa shape index (κ3) is 4.37. The molecular weight excluding hydrogens is 360 g/mol. The Morgan fingerprint density at radius 2 is 1.72 bits per heavy atom. The average molecular weight is 378 g/mol. The molecule has 100 valence electrons. The Balaban J connectivity index is 2.76. The monoisotopic (exact) mass is 376 g/mol. The molecule has 3 nitrogen and oxygen atoms in total. The molecule has 0 aliphatic carbocycles. The van der Waals surface area contributed by atoms with Gasteiger partial charge in [-0.05, 0) is 69.6 Å². The van der Waals surface area contributed by atoms with Gasteiger partial charge in [0.2, 0.25) is 5.91 Å². The first kappa shape index (κ1) is 15.7. The summed E-state index contributed by atoms with van der Waals surface area (Å²) in [5.41, 5.74) is 1.92. The second-order valence-electron chi connectivity index (χ2n) is 4.11. The van der Waals surface area contributed by atoms with Gasteiger partial charge in [0, 0.05) is 8.95 Å². The van der Waals surface area contributed by atoms with E-state index in [4.69, 9.17) is 0 Å². The van der Waals surface area contributed by atoms with Crippen LogP contribution in [0, 0.1) is 6.92 Å². The molecule has 0 aromatic heterocycles. The lowest BCUT2D eigenvalue weighted by Crippen LogP contribution is -2.33. The number of carbonyl (C=O) groups excluding carboxylic acids is 1. The predicted octanol–water partition coefficient (Wildman–Crippen LogP) is 3.80. The molecule has 0 saturated carbocycles. The van der Waals surface area contributed by atoms with Crippen molar-refractivity contribution in [3.8, 4) is 0 Å². The molecule has 1 N–H and O–H groups in total. The number of nitrogens with one attached hydrogen (secondary N) is 1. The van der Waals surface area contributed by atoms with Crippen molar-refractivity contribution in [2.75, 3.05) is 25.0 Å². The molecule has 1 aromatic carbocycles. The van der Waals surface area contributed by atoms with E-state index in [2.05, 4.69) is 55.9 Å².